The number of carbonyl (C=O) groups is 2. The van der Waals surface area contributed by atoms with Crippen LogP contribution in [-0.4, -0.2) is 52.5 Å². The van der Waals surface area contributed by atoms with Crippen molar-refractivity contribution in [1.82, 2.24) is 9.80 Å². The van der Waals surface area contributed by atoms with E-state index in [1.165, 1.54) is 6.92 Å². The van der Waals surface area contributed by atoms with Gasteiger partial charge in [-0.05, 0) is 29.9 Å². The molecule has 5 heteroatoms. The normalized spacial score (nSPS) is 24.3. The number of likely N-dealkylation sites (tertiary alicyclic amines) is 1. The highest BCUT2D eigenvalue weighted by atomic mass is 16.3. The fraction of sp³-hybridized carbons (Fsp3) is 0.556. The molecule has 1 aromatic carbocycles. The Bertz CT molecular complexity index is 602. The second kappa shape index (κ2) is 6.71. The Morgan fingerprint density at radius 3 is 2.70 bits per heavy atom. The molecule has 1 saturated heterocycles. The summed E-state index contributed by atoms with van der Waals surface area (Å²) in [6, 6.07) is 7.59. The standard InChI is InChI=1S/C18H24N2O3/c1-13(22)20-11-16-7-3-2-6-15(16)9-17(20)18(23)19-8-4-5-14(10-19)12-21/h2-3,6-7,14,17,21H,4-5,8-12H2,1H3/t14?,17-/m0/s1. The van der Waals surface area contributed by atoms with Crippen molar-refractivity contribution in [2.24, 2.45) is 5.92 Å². The Kier molecular flexibility index (Phi) is 4.66. The van der Waals surface area contributed by atoms with E-state index in [1.54, 1.807) is 4.90 Å². The maximum atomic E-state index is 13.0. The molecule has 0 radical (unpaired) electrons. The largest absolute Gasteiger partial charge is 0.396 e. The van der Waals surface area contributed by atoms with Crippen molar-refractivity contribution in [3.63, 3.8) is 0 Å². The number of rotatable bonds is 2. The van der Waals surface area contributed by atoms with Gasteiger partial charge in [-0.3, -0.25) is 9.59 Å². The molecule has 0 spiro atoms. The fourth-order valence-corrected chi connectivity index (χ4v) is 3.70. The van der Waals surface area contributed by atoms with E-state index < -0.39 is 6.04 Å². The molecule has 2 aliphatic heterocycles. The molecule has 1 fully saturated rings. The molecule has 23 heavy (non-hydrogen) atoms. The van der Waals surface area contributed by atoms with Crippen LogP contribution in [0.1, 0.15) is 30.9 Å². The zero-order chi connectivity index (χ0) is 16.4. The van der Waals surface area contributed by atoms with Crippen LogP contribution in [0.4, 0.5) is 0 Å². The molecule has 5 nitrogen and oxygen atoms in total. The van der Waals surface area contributed by atoms with Gasteiger partial charge in [0.05, 0.1) is 0 Å². The minimum atomic E-state index is -0.417. The van der Waals surface area contributed by atoms with Gasteiger partial charge in [-0.25, -0.2) is 0 Å². The van der Waals surface area contributed by atoms with Crippen molar-refractivity contribution in [3.05, 3.63) is 35.4 Å². The van der Waals surface area contributed by atoms with Crippen LogP contribution in [-0.2, 0) is 22.6 Å². The molecule has 1 N–H and O–H groups in total. The first kappa shape index (κ1) is 16.0. The summed E-state index contributed by atoms with van der Waals surface area (Å²) in [6.07, 6.45) is 2.46. The Morgan fingerprint density at radius 1 is 1.26 bits per heavy atom. The van der Waals surface area contributed by atoms with E-state index in [1.807, 2.05) is 29.2 Å². The summed E-state index contributed by atoms with van der Waals surface area (Å²) in [7, 11) is 0. The molecule has 2 heterocycles. The van der Waals surface area contributed by atoms with Crippen LogP contribution in [0, 0.1) is 5.92 Å². The maximum absolute atomic E-state index is 13.0. The Hall–Kier alpha value is -1.88. The van der Waals surface area contributed by atoms with E-state index in [0.717, 1.165) is 30.5 Å². The number of hydrogen-bond donors (Lipinski definition) is 1. The third-order valence-electron chi connectivity index (χ3n) is 5.03. The summed E-state index contributed by atoms with van der Waals surface area (Å²) in [5.74, 6) is 0.121. The van der Waals surface area contributed by atoms with E-state index in [-0.39, 0.29) is 24.3 Å². The van der Waals surface area contributed by atoms with Crippen LogP contribution in [0.25, 0.3) is 0 Å². The molecule has 0 bridgehead atoms. The second-order valence-electron chi connectivity index (χ2n) is 6.61. The number of aliphatic hydroxyl groups excluding tert-OH is 1. The lowest BCUT2D eigenvalue weighted by Gasteiger charge is -2.40. The molecule has 0 saturated carbocycles. The lowest BCUT2D eigenvalue weighted by molar-refractivity contribution is -0.147. The Balaban J connectivity index is 1.81. The highest BCUT2D eigenvalue weighted by Crippen LogP contribution is 2.26. The average molecular weight is 316 g/mol. The number of piperidine rings is 1. The van der Waals surface area contributed by atoms with Gasteiger partial charge < -0.3 is 14.9 Å². The SMILES string of the molecule is CC(=O)N1Cc2ccccc2C[C@H]1C(=O)N1CCCC(CO)C1. The molecule has 2 aliphatic rings. The van der Waals surface area contributed by atoms with Crippen LogP contribution < -0.4 is 0 Å². The van der Waals surface area contributed by atoms with Crippen LogP contribution in [0.15, 0.2) is 24.3 Å². The van der Waals surface area contributed by atoms with E-state index in [9.17, 15) is 14.7 Å². The summed E-state index contributed by atoms with van der Waals surface area (Å²) in [5.41, 5.74) is 2.28. The summed E-state index contributed by atoms with van der Waals surface area (Å²) < 4.78 is 0. The van der Waals surface area contributed by atoms with Crippen molar-refractivity contribution >= 4 is 11.8 Å². The van der Waals surface area contributed by atoms with Crippen molar-refractivity contribution < 1.29 is 14.7 Å². The highest BCUT2D eigenvalue weighted by Gasteiger charge is 2.36. The van der Waals surface area contributed by atoms with Gasteiger partial charge in [0, 0.05) is 39.6 Å². The van der Waals surface area contributed by atoms with E-state index in [4.69, 9.17) is 0 Å². The molecule has 1 aromatic rings. The third-order valence-corrected chi connectivity index (χ3v) is 5.03. The fourth-order valence-electron chi connectivity index (χ4n) is 3.70. The molecule has 2 amide bonds. The number of benzene rings is 1. The lowest BCUT2D eigenvalue weighted by atomic mass is 9.92. The Labute approximate surface area is 136 Å². The average Bonchev–Trinajstić information content (AvgIpc) is 2.59. The maximum Gasteiger partial charge on any atom is 0.245 e. The quantitative estimate of drug-likeness (QED) is 0.891. The molecule has 0 aliphatic carbocycles. The van der Waals surface area contributed by atoms with Gasteiger partial charge in [-0.2, -0.15) is 0 Å². The number of amides is 2. The number of aliphatic hydroxyl groups is 1. The summed E-state index contributed by atoms with van der Waals surface area (Å²) in [6.45, 7) is 3.46. The first-order chi connectivity index (χ1) is 11.1. The van der Waals surface area contributed by atoms with Gasteiger partial charge in [0.1, 0.15) is 6.04 Å². The minimum absolute atomic E-state index is 0.0212. The minimum Gasteiger partial charge on any atom is -0.396 e. The Morgan fingerprint density at radius 2 is 2.00 bits per heavy atom. The van der Waals surface area contributed by atoms with E-state index in [0.29, 0.717) is 19.5 Å². The number of hydrogen-bond acceptors (Lipinski definition) is 3. The predicted molar refractivity (Wildman–Crippen MR) is 86.5 cm³/mol. The van der Waals surface area contributed by atoms with Gasteiger partial charge in [-0.1, -0.05) is 24.3 Å². The summed E-state index contributed by atoms with van der Waals surface area (Å²) >= 11 is 0. The zero-order valence-corrected chi connectivity index (χ0v) is 13.6. The van der Waals surface area contributed by atoms with Crippen LogP contribution in [0.5, 0.6) is 0 Å². The monoisotopic (exact) mass is 316 g/mol. The first-order valence-corrected chi connectivity index (χ1v) is 8.33. The van der Waals surface area contributed by atoms with Gasteiger partial charge >= 0.3 is 0 Å². The van der Waals surface area contributed by atoms with Crippen molar-refractivity contribution in [2.45, 2.75) is 38.8 Å². The van der Waals surface area contributed by atoms with Gasteiger partial charge in [0.2, 0.25) is 11.8 Å². The number of carbonyl (C=O) groups excluding carboxylic acids is 2. The van der Waals surface area contributed by atoms with E-state index in [2.05, 4.69) is 0 Å². The molecular weight excluding hydrogens is 292 g/mol. The number of fused-ring (bicyclic) bond motifs is 1. The molecule has 3 rings (SSSR count). The molecule has 124 valence electrons. The van der Waals surface area contributed by atoms with E-state index >= 15 is 0 Å². The van der Waals surface area contributed by atoms with Crippen LogP contribution in [0.2, 0.25) is 0 Å². The van der Waals surface area contributed by atoms with Crippen molar-refractivity contribution in [2.75, 3.05) is 19.7 Å². The van der Waals surface area contributed by atoms with Crippen molar-refractivity contribution in [3.8, 4) is 0 Å². The van der Waals surface area contributed by atoms with Gasteiger partial charge in [0.25, 0.3) is 0 Å². The summed E-state index contributed by atoms with van der Waals surface area (Å²) in [5, 5.41) is 9.37. The smallest absolute Gasteiger partial charge is 0.245 e. The topological polar surface area (TPSA) is 60.9 Å². The van der Waals surface area contributed by atoms with Crippen molar-refractivity contribution in [1.29, 1.82) is 0 Å². The predicted octanol–water partition coefficient (Wildman–Crippen LogP) is 1.19. The first-order valence-electron chi connectivity index (χ1n) is 8.33. The molecular formula is C18H24N2O3. The lowest BCUT2D eigenvalue weighted by Crippen LogP contribution is -2.55. The van der Waals surface area contributed by atoms with Gasteiger partial charge in [-0.15, -0.1) is 0 Å². The molecule has 1 unspecified atom stereocenters. The highest BCUT2D eigenvalue weighted by molar-refractivity contribution is 5.88. The van der Waals surface area contributed by atoms with Gasteiger partial charge in [0.15, 0.2) is 0 Å². The zero-order valence-electron chi connectivity index (χ0n) is 13.6. The molecule has 2 atom stereocenters. The van der Waals surface area contributed by atoms with Crippen LogP contribution in [0.3, 0.4) is 0 Å². The second-order valence-corrected chi connectivity index (χ2v) is 6.61. The molecule has 0 aromatic heterocycles. The van der Waals surface area contributed by atoms with Crippen LogP contribution >= 0.6 is 0 Å². The third kappa shape index (κ3) is 3.24. The number of nitrogens with zero attached hydrogens (tertiary/aromatic N) is 2. The summed E-state index contributed by atoms with van der Waals surface area (Å²) in [4.78, 5) is 28.6.